The van der Waals surface area contributed by atoms with Gasteiger partial charge in [-0.05, 0) is 19.3 Å². The Hall–Kier alpha value is -0.280. The molecule has 5 nitrogen and oxygen atoms in total. The SMILES string of the molecule is CCCCCCCCC(F)C(F)(C(=O)OCCCCCCCCCCCCBr)S(=O)(=O)O. The lowest BCUT2D eigenvalue weighted by molar-refractivity contribution is -0.156. The average molecular weight is 550 g/mol. The summed E-state index contributed by atoms with van der Waals surface area (Å²) in [6.07, 6.45) is 12.0. The van der Waals surface area contributed by atoms with E-state index < -0.39 is 33.7 Å². The highest BCUT2D eigenvalue weighted by atomic mass is 79.9. The van der Waals surface area contributed by atoms with Crippen LogP contribution in [0.15, 0.2) is 0 Å². The summed E-state index contributed by atoms with van der Waals surface area (Å²) in [5.41, 5.74) is 0. The highest BCUT2D eigenvalue weighted by molar-refractivity contribution is 9.09. The van der Waals surface area contributed by atoms with E-state index in [0.717, 1.165) is 56.7 Å². The van der Waals surface area contributed by atoms with Gasteiger partial charge in [0.05, 0.1) is 6.61 Å². The number of hydrogen-bond donors (Lipinski definition) is 1. The van der Waals surface area contributed by atoms with Crippen molar-refractivity contribution >= 4 is 32.0 Å². The molecule has 0 aliphatic heterocycles. The fraction of sp³-hybridized carbons (Fsp3) is 0.957. The number of esters is 1. The van der Waals surface area contributed by atoms with Crippen LogP contribution in [0.5, 0.6) is 0 Å². The third kappa shape index (κ3) is 13.4. The molecule has 2 atom stereocenters. The zero-order chi connectivity index (χ0) is 24.3. The van der Waals surface area contributed by atoms with Crippen LogP contribution in [-0.4, -0.2) is 42.0 Å². The Morgan fingerprint density at radius 3 is 1.78 bits per heavy atom. The minimum Gasteiger partial charge on any atom is -0.462 e. The van der Waals surface area contributed by atoms with E-state index in [9.17, 15) is 26.5 Å². The monoisotopic (exact) mass is 548 g/mol. The van der Waals surface area contributed by atoms with Crippen LogP contribution in [0.25, 0.3) is 0 Å². The normalized spacial score (nSPS) is 14.8. The average Bonchev–Trinajstić information content (AvgIpc) is 2.75. The second kappa shape index (κ2) is 19.1. The summed E-state index contributed by atoms with van der Waals surface area (Å²) in [6, 6.07) is 0. The van der Waals surface area contributed by atoms with Gasteiger partial charge in [0.15, 0.2) is 6.17 Å². The minimum atomic E-state index is -5.60. The lowest BCUT2D eigenvalue weighted by Crippen LogP contribution is -2.51. The van der Waals surface area contributed by atoms with Gasteiger partial charge < -0.3 is 4.74 Å². The highest BCUT2D eigenvalue weighted by Crippen LogP contribution is 2.31. The van der Waals surface area contributed by atoms with Crippen LogP contribution >= 0.6 is 15.9 Å². The first-order valence-corrected chi connectivity index (χ1v) is 14.8. The van der Waals surface area contributed by atoms with Crippen LogP contribution in [0.1, 0.15) is 116 Å². The summed E-state index contributed by atoms with van der Waals surface area (Å²) < 4.78 is 66.1. The number of rotatable bonds is 22. The predicted octanol–water partition coefficient (Wildman–Crippen LogP) is 7.47. The van der Waals surface area contributed by atoms with Gasteiger partial charge in [-0.15, -0.1) is 0 Å². The van der Waals surface area contributed by atoms with E-state index in [-0.39, 0.29) is 13.0 Å². The quantitative estimate of drug-likeness (QED) is 0.0656. The van der Waals surface area contributed by atoms with Gasteiger partial charge in [-0.1, -0.05) is 113 Å². The molecule has 0 radical (unpaired) electrons. The number of alkyl halides is 3. The summed E-state index contributed by atoms with van der Waals surface area (Å²) >= 11 is 3.42. The molecule has 0 saturated carbocycles. The Balaban J connectivity index is 4.18. The molecule has 2 unspecified atom stereocenters. The largest absolute Gasteiger partial charge is 0.462 e. The van der Waals surface area contributed by atoms with Crippen molar-refractivity contribution in [2.24, 2.45) is 0 Å². The summed E-state index contributed by atoms with van der Waals surface area (Å²) in [5, 5.41) is -3.01. The van der Waals surface area contributed by atoms with Crippen molar-refractivity contribution in [3.8, 4) is 0 Å². The van der Waals surface area contributed by atoms with Crippen molar-refractivity contribution < 1.29 is 31.3 Å². The number of carbonyl (C=O) groups is 1. The molecule has 0 heterocycles. The third-order valence-corrected chi connectivity index (χ3v) is 7.36. The standard InChI is InChI=1S/C23H43BrF2O5S/c1-2-3-4-5-12-15-18-21(25)23(26,32(28,29)30)22(27)31-20-17-14-11-9-7-6-8-10-13-16-19-24/h21H,2-20H2,1H3,(H,28,29,30). The molecule has 0 fully saturated rings. The number of halogens is 3. The predicted molar refractivity (Wildman–Crippen MR) is 129 cm³/mol. The first-order valence-electron chi connectivity index (χ1n) is 12.2. The van der Waals surface area contributed by atoms with Gasteiger partial charge >= 0.3 is 21.1 Å². The smallest absolute Gasteiger partial charge is 0.365 e. The highest BCUT2D eigenvalue weighted by Gasteiger charge is 2.59. The minimum absolute atomic E-state index is 0.198. The van der Waals surface area contributed by atoms with Crippen LogP contribution < -0.4 is 0 Å². The van der Waals surface area contributed by atoms with Crippen LogP contribution in [0.2, 0.25) is 0 Å². The van der Waals surface area contributed by atoms with Crippen LogP contribution in [0, 0.1) is 0 Å². The topological polar surface area (TPSA) is 80.7 Å². The molecule has 0 saturated heterocycles. The Labute approximate surface area is 202 Å². The third-order valence-electron chi connectivity index (χ3n) is 5.63. The van der Waals surface area contributed by atoms with Crippen molar-refractivity contribution in [1.29, 1.82) is 0 Å². The molecule has 9 heteroatoms. The van der Waals surface area contributed by atoms with E-state index >= 15 is 0 Å². The van der Waals surface area contributed by atoms with E-state index in [1.54, 1.807) is 0 Å². The molecular weight excluding hydrogens is 506 g/mol. The lowest BCUT2D eigenvalue weighted by atomic mass is 10.1. The summed E-state index contributed by atoms with van der Waals surface area (Å²) in [5.74, 6) is -1.86. The van der Waals surface area contributed by atoms with E-state index in [2.05, 4.69) is 22.9 Å². The molecule has 0 aromatic rings. The van der Waals surface area contributed by atoms with Gasteiger partial charge in [-0.3, -0.25) is 4.55 Å². The molecule has 0 aliphatic carbocycles. The molecule has 32 heavy (non-hydrogen) atoms. The molecule has 0 rings (SSSR count). The Kier molecular flexibility index (Phi) is 18.9. The number of carbonyl (C=O) groups excluding carboxylic acids is 1. The van der Waals surface area contributed by atoms with Crippen molar-refractivity contribution in [3.05, 3.63) is 0 Å². The molecule has 192 valence electrons. The Morgan fingerprint density at radius 1 is 0.875 bits per heavy atom. The lowest BCUT2D eigenvalue weighted by Gasteiger charge is -2.24. The first kappa shape index (κ1) is 31.7. The second-order valence-corrected chi connectivity index (χ2v) is 10.8. The molecule has 1 N–H and O–H groups in total. The maximum atomic E-state index is 14.9. The fourth-order valence-electron chi connectivity index (χ4n) is 3.56. The van der Waals surface area contributed by atoms with Gasteiger partial charge in [0.1, 0.15) is 0 Å². The van der Waals surface area contributed by atoms with Gasteiger partial charge in [0, 0.05) is 5.33 Å². The Morgan fingerprint density at radius 2 is 1.31 bits per heavy atom. The maximum Gasteiger partial charge on any atom is 0.365 e. The van der Waals surface area contributed by atoms with Crippen LogP contribution in [0.3, 0.4) is 0 Å². The Bertz CT molecular complexity index is 577. The summed E-state index contributed by atoms with van der Waals surface area (Å²) in [4.78, 5) is 12.0. The number of ether oxygens (including phenoxy) is 1. The van der Waals surface area contributed by atoms with Gasteiger partial charge in [-0.2, -0.15) is 8.42 Å². The molecule has 0 bridgehead atoms. The molecule has 0 spiro atoms. The van der Waals surface area contributed by atoms with Gasteiger partial charge in [-0.25, -0.2) is 13.6 Å². The number of hydrogen-bond acceptors (Lipinski definition) is 4. The van der Waals surface area contributed by atoms with Crippen molar-refractivity contribution in [1.82, 2.24) is 0 Å². The zero-order valence-corrected chi connectivity index (χ0v) is 22.0. The van der Waals surface area contributed by atoms with Crippen LogP contribution in [0.4, 0.5) is 8.78 Å². The van der Waals surface area contributed by atoms with Crippen molar-refractivity contribution in [2.45, 2.75) is 127 Å². The maximum absolute atomic E-state index is 14.9. The van der Waals surface area contributed by atoms with Crippen LogP contribution in [-0.2, 0) is 19.6 Å². The van der Waals surface area contributed by atoms with Gasteiger partial charge in [0.25, 0.3) is 0 Å². The zero-order valence-electron chi connectivity index (χ0n) is 19.6. The molecule has 0 amide bonds. The van der Waals surface area contributed by atoms with E-state index in [0.29, 0.717) is 12.8 Å². The first-order chi connectivity index (χ1) is 15.2. The fourth-order valence-corrected chi connectivity index (χ4v) is 4.67. The summed E-state index contributed by atoms with van der Waals surface area (Å²) in [7, 11) is -5.60. The van der Waals surface area contributed by atoms with E-state index in [4.69, 9.17) is 4.74 Å². The molecule has 0 aliphatic rings. The second-order valence-electron chi connectivity index (χ2n) is 8.50. The summed E-state index contributed by atoms with van der Waals surface area (Å²) in [6.45, 7) is 1.86. The number of unbranched alkanes of at least 4 members (excludes halogenated alkanes) is 14. The molecule has 0 aromatic heterocycles. The van der Waals surface area contributed by atoms with Crippen molar-refractivity contribution in [2.75, 3.05) is 11.9 Å². The van der Waals surface area contributed by atoms with E-state index in [1.807, 2.05) is 0 Å². The molecule has 0 aromatic carbocycles. The van der Waals surface area contributed by atoms with Gasteiger partial charge in [0.2, 0.25) is 0 Å². The molecular formula is C23H43BrF2O5S. The van der Waals surface area contributed by atoms with Crippen molar-refractivity contribution in [3.63, 3.8) is 0 Å². The van der Waals surface area contributed by atoms with E-state index in [1.165, 1.54) is 32.1 Å².